The Balaban J connectivity index is 1.95. The summed E-state index contributed by atoms with van der Waals surface area (Å²) in [6.45, 7) is 1.94. The lowest BCUT2D eigenvalue weighted by Gasteiger charge is -2.11. The minimum absolute atomic E-state index is 0.169. The number of aliphatic carboxylic acids is 1. The van der Waals surface area contributed by atoms with Gasteiger partial charge in [0, 0.05) is 5.56 Å². The first kappa shape index (κ1) is 18.1. The Morgan fingerprint density at radius 1 is 0.852 bits per heavy atom. The molecule has 0 heterocycles. The number of carboxylic acid groups (broad SMARTS) is 1. The molecule has 3 aromatic carbocycles. The lowest BCUT2D eigenvalue weighted by molar-refractivity contribution is -0.132. The Hall–Kier alpha value is -3.66. The SMILES string of the molecule is Cc1c(/C=C(/NC(=O)c2ccccc2)C(=O)O)cccc1-c1ccccc1. The van der Waals surface area contributed by atoms with Crippen LogP contribution < -0.4 is 5.32 Å². The van der Waals surface area contributed by atoms with Crippen molar-refractivity contribution in [1.82, 2.24) is 5.32 Å². The first-order valence-corrected chi connectivity index (χ1v) is 8.52. The number of rotatable bonds is 5. The summed E-state index contributed by atoms with van der Waals surface area (Å²) in [5.41, 5.74) is 3.98. The maximum atomic E-state index is 12.3. The normalized spacial score (nSPS) is 11.1. The Kier molecular flexibility index (Phi) is 5.47. The fraction of sp³-hybridized carbons (Fsp3) is 0.0435. The minimum Gasteiger partial charge on any atom is -0.477 e. The number of benzene rings is 3. The van der Waals surface area contributed by atoms with E-state index in [1.165, 1.54) is 6.08 Å². The van der Waals surface area contributed by atoms with Gasteiger partial charge in [-0.2, -0.15) is 0 Å². The van der Waals surface area contributed by atoms with Crippen molar-refractivity contribution in [2.45, 2.75) is 6.92 Å². The van der Waals surface area contributed by atoms with Gasteiger partial charge in [0.2, 0.25) is 0 Å². The van der Waals surface area contributed by atoms with Gasteiger partial charge in [0.1, 0.15) is 5.70 Å². The van der Waals surface area contributed by atoms with Crippen LogP contribution in [0.15, 0.2) is 84.6 Å². The van der Waals surface area contributed by atoms with E-state index in [2.05, 4.69) is 5.32 Å². The molecule has 2 N–H and O–H groups in total. The molecule has 0 bridgehead atoms. The molecule has 134 valence electrons. The highest BCUT2D eigenvalue weighted by Crippen LogP contribution is 2.26. The Bertz CT molecular complexity index is 993. The van der Waals surface area contributed by atoms with Crippen LogP contribution in [-0.4, -0.2) is 17.0 Å². The Morgan fingerprint density at radius 2 is 1.48 bits per heavy atom. The third-order valence-electron chi connectivity index (χ3n) is 4.27. The molecule has 0 atom stereocenters. The molecule has 0 radical (unpaired) electrons. The van der Waals surface area contributed by atoms with E-state index in [1.807, 2.05) is 55.5 Å². The van der Waals surface area contributed by atoms with Gasteiger partial charge in [0.15, 0.2) is 0 Å². The number of carbonyl (C=O) groups is 2. The van der Waals surface area contributed by atoms with Crippen LogP contribution in [0, 0.1) is 6.92 Å². The summed E-state index contributed by atoms with van der Waals surface area (Å²) in [7, 11) is 0. The zero-order chi connectivity index (χ0) is 19.2. The first-order valence-electron chi connectivity index (χ1n) is 8.52. The first-order chi connectivity index (χ1) is 13.1. The van der Waals surface area contributed by atoms with Crippen LogP contribution in [0.25, 0.3) is 17.2 Å². The van der Waals surface area contributed by atoms with Gasteiger partial charge in [0.25, 0.3) is 5.91 Å². The highest BCUT2D eigenvalue weighted by Gasteiger charge is 2.14. The molecular weight excluding hydrogens is 338 g/mol. The second kappa shape index (κ2) is 8.15. The number of nitrogens with one attached hydrogen (secondary N) is 1. The second-order valence-corrected chi connectivity index (χ2v) is 6.07. The van der Waals surface area contributed by atoms with Gasteiger partial charge in [0.05, 0.1) is 0 Å². The van der Waals surface area contributed by atoms with Crippen molar-refractivity contribution in [2.24, 2.45) is 0 Å². The quantitative estimate of drug-likeness (QED) is 0.660. The predicted octanol–water partition coefficient (Wildman–Crippen LogP) is 4.52. The van der Waals surface area contributed by atoms with E-state index in [1.54, 1.807) is 30.3 Å². The van der Waals surface area contributed by atoms with Crippen molar-refractivity contribution >= 4 is 18.0 Å². The van der Waals surface area contributed by atoms with E-state index >= 15 is 0 Å². The van der Waals surface area contributed by atoms with E-state index < -0.39 is 11.9 Å². The number of carboxylic acids is 1. The fourth-order valence-electron chi connectivity index (χ4n) is 2.83. The third kappa shape index (κ3) is 4.30. The van der Waals surface area contributed by atoms with Gasteiger partial charge in [-0.1, -0.05) is 66.7 Å². The Morgan fingerprint density at radius 3 is 2.11 bits per heavy atom. The van der Waals surface area contributed by atoms with E-state index in [0.717, 1.165) is 22.3 Å². The molecule has 1 amide bonds. The number of amides is 1. The zero-order valence-corrected chi connectivity index (χ0v) is 14.8. The highest BCUT2D eigenvalue weighted by molar-refractivity contribution is 6.02. The molecule has 0 saturated carbocycles. The highest BCUT2D eigenvalue weighted by atomic mass is 16.4. The second-order valence-electron chi connectivity index (χ2n) is 6.07. The molecular formula is C23H19NO3. The van der Waals surface area contributed by atoms with E-state index in [9.17, 15) is 14.7 Å². The van der Waals surface area contributed by atoms with Crippen LogP contribution in [0.3, 0.4) is 0 Å². The number of hydrogen-bond acceptors (Lipinski definition) is 2. The monoisotopic (exact) mass is 357 g/mol. The maximum Gasteiger partial charge on any atom is 0.352 e. The summed E-state index contributed by atoms with van der Waals surface area (Å²) < 4.78 is 0. The predicted molar refractivity (Wildman–Crippen MR) is 106 cm³/mol. The summed E-state index contributed by atoms with van der Waals surface area (Å²) >= 11 is 0. The van der Waals surface area contributed by atoms with E-state index in [0.29, 0.717) is 5.56 Å². The molecule has 0 unspecified atom stereocenters. The summed E-state index contributed by atoms with van der Waals surface area (Å²) in [6.07, 6.45) is 1.49. The van der Waals surface area contributed by atoms with Gasteiger partial charge < -0.3 is 10.4 Å². The molecule has 27 heavy (non-hydrogen) atoms. The molecule has 4 nitrogen and oxygen atoms in total. The summed E-state index contributed by atoms with van der Waals surface area (Å²) in [6, 6.07) is 24.1. The van der Waals surface area contributed by atoms with Crippen LogP contribution in [0.5, 0.6) is 0 Å². The average Bonchev–Trinajstić information content (AvgIpc) is 2.70. The fourth-order valence-corrected chi connectivity index (χ4v) is 2.83. The molecule has 0 aliphatic rings. The summed E-state index contributed by atoms with van der Waals surface area (Å²) in [5, 5.41) is 12.0. The maximum absolute atomic E-state index is 12.3. The minimum atomic E-state index is -1.19. The molecule has 3 aromatic rings. The van der Waals surface area contributed by atoms with Crippen LogP contribution in [0.1, 0.15) is 21.5 Å². The number of hydrogen-bond donors (Lipinski definition) is 2. The lowest BCUT2D eigenvalue weighted by Crippen LogP contribution is -2.27. The van der Waals surface area contributed by atoms with Crippen LogP contribution in [0.2, 0.25) is 0 Å². The lowest BCUT2D eigenvalue weighted by atomic mass is 9.96. The van der Waals surface area contributed by atoms with E-state index in [4.69, 9.17) is 0 Å². The smallest absolute Gasteiger partial charge is 0.352 e. The molecule has 0 saturated heterocycles. The van der Waals surface area contributed by atoms with Gasteiger partial charge >= 0.3 is 5.97 Å². The van der Waals surface area contributed by atoms with Crippen molar-refractivity contribution in [2.75, 3.05) is 0 Å². The molecule has 0 aromatic heterocycles. The summed E-state index contributed by atoms with van der Waals surface area (Å²) in [5.74, 6) is -1.65. The van der Waals surface area contributed by atoms with Crippen LogP contribution in [-0.2, 0) is 4.79 Å². The molecule has 4 heteroatoms. The van der Waals surface area contributed by atoms with Crippen LogP contribution in [0.4, 0.5) is 0 Å². The molecule has 0 fully saturated rings. The Labute approximate surface area is 157 Å². The zero-order valence-electron chi connectivity index (χ0n) is 14.8. The third-order valence-corrected chi connectivity index (χ3v) is 4.27. The molecule has 0 spiro atoms. The van der Waals surface area contributed by atoms with Crippen molar-refractivity contribution in [3.8, 4) is 11.1 Å². The van der Waals surface area contributed by atoms with Crippen molar-refractivity contribution < 1.29 is 14.7 Å². The molecule has 0 aliphatic carbocycles. The van der Waals surface area contributed by atoms with Crippen molar-refractivity contribution in [1.29, 1.82) is 0 Å². The standard InChI is InChI=1S/C23H19NO3/c1-16-19(13-8-14-20(16)17-9-4-2-5-10-17)15-21(23(26)27)24-22(25)18-11-6-3-7-12-18/h2-15H,1H3,(H,24,25)(H,26,27)/b21-15+. The number of carbonyl (C=O) groups excluding carboxylic acids is 1. The van der Waals surface area contributed by atoms with E-state index in [-0.39, 0.29) is 5.70 Å². The van der Waals surface area contributed by atoms with Gasteiger partial charge in [-0.05, 0) is 47.4 Å². The topological polar surface area (TPSA) is 66.4 Å². The largest absolute Gasteiger partial charge is 0.477 e. The van der Waals surface area contributed by atoms with Crippen molar-refractivity contribution in [3.63, 3.8) is 0 Å². The average molecular weight is 357 g/mol. The van der Waals surface area contributed by atoms with Crippen molar-refractivity contribution in [3.05, 3.63) is 101 Å². The summed E-state index contributed by atoms with van der Waals surface area (Å²) in [4.78, 5) is 24.0. The molecule has 3 rings (SSSR count). The molecule has 0 aliphatic heterocycles. The van der Waals surface area contributed by atoms with Gasteiger partial charge in [-0.25, -0.2) is 4.79 Å². The van der Waals surface area contributed by atoms with Gasteiger partial charge in [-0.3, -0.25) is 4.79 Å². The van der Waals surface area contributed by atoms with Gasteiger partial charge in [-0.15, -0.1) is 0 Å². The van der Waals surface area contributed by atoms with Crippen LogP contribution >= 0.6 is 0 Å².